The molecule has 0 saturated carbocycles. The van der Waals surface area contributed by atoms with E-state index in [1.165, 1.54) is 6.92 Å². The number of ether oxygens (including phenoxy) is 1. The highest BCUT2D eigenvalue weighted by atomic mass is 16.5. The van der Waals surface area contributed by atoms with Crippen molar-refractivity contribution >= 4 is 17.5 Å². The molecule has 0 bridgehead atoms. The zero-order valence-electron chi connectivity index (χ0n) is 17.5. The van der Waals surface area contributed by atoms with Crippen molar-refractivity contribution in [3.8, 4) is 23.0 Å². The van der Waals surface area contributed by atoms with Crippen molar-refractivity contribution < 1.29 is 60.0 Å². The Morgan fingerprint density at radius 2 is 1.62 bits per heavy atom. The van der Waals surface area contributed by atoms with E-state index in [1.54, 1.807) is 0 Å². The van der Waals surface area contributed by atoms with Crippen molar-refractivity contribution in [2.75, 3.05) is 6.61 Å². The third-order valence-corrected chi connectivity index (χ3v) is 6.23. The van der Waals surface area contributed by atoms with Gasteiger partial charge in [0, 0.05) is 17.5 Å². The number of aliphatic hydroxyl groups excluding tert-OH is 3. The smallest absolute Gasteiger partial charge is 0.339 e. The number of benzene rings is 2. The van der Waals surface area contributed by atoms with Gasteiger partial charge in [0.25, 0.3) is 0 Å². The van der Waals surface area contributed by atoms with E-state index in [0.717, 1.165) is 6.07 Å². The Morgan fingerprint density at radius 3 is 2.21 bits per heavy atom. The number of carboxylic acids is 1. The SMILES string of the molecule is Cc1c(C(=O)O)c(O)cc2c1C(=O)c1c(O)c([C@@H]3CC(O)[C@H](O)C(CO)O3)c(O)c(O)c1C2=O. The summed E-state index contributed by atoms with van der Waals surface area (Å²) < 4.78 is 5.44. The van der Waals surface area contributed by atoms with Gasteiger partial charge in [-0.2, -0.15) is 0 Å². The lowest BCUT2D eigenvalue weighted by molar-refractivity contribution is -0.182. The van der Waals surface area contributed by atoms with E-state index in [1.807, 2.05) is 0 Å². The van der Waals surface area contributed by atoms with Crippen LogP contribution in [0.4, 0.5) is 0 Å². The van der Waals surface area contributed by atoms with Crippen LogP contribution in [0, 0.1) is 6.92 Å². The van der Waals surface area contributed by atoms with Gasteiger partial charge < -0.3 is 45.6 Å². The van der Waals surface area contributed by atoms with Gasteiger partial charge >= 0.3 is 5.97 Å². The van der Waals surface area contributed by atoms with Crippen molar-refractivity contribution in [3.63, 3.8) is 0 Å². The Hall–Kier alpha value is -3.71. The topological polar surface area (TPSA) is 222 Å². The van der Waals surface area contributed by atoms with Crippen LogP contribution in [-0.4, -0.2) is 83.3 Å². The second-order valence-corrected chi connectivity index (χ2v) is 8.13. The Morgan fingerprint density at radius 1 is 1.00 bits per heavy atom. The van der Waals surface area contributed by atoms with Gasteiger partial charge in [0.15, 0.2) is 23.1 Å². The first kappa shape index (κ1) is 23.4. The van der Waals surface area contributed by atoms with Gasteiger partial charge in [0.05, 0.1) is 35.5 Å². The average molecular weight is 476 g/mol. The van der Waals surface area contributed by atoms with Crippen LogP contribution in [0.15, 0.2) is 6.07 Å². The van der Waals surface area contributed by atoms with Crippen LogP contribution < -0.4 is 0 Å². The fourth-order valence-electron chi connectivity index (χ4n) is 4.57. The molecule has 0 aromatic heterocycles. The van der Waals surface area contributed by atoms with Crippen molar-refractivity contribution in [2.45, 2.75) is 37.8 Å². The number of aromatic carboxylic acids is 1. The minimum Gasteiger partial charge on any atom is -0.507 e. The first-order chi connectivity index (χ1) is 15.9. The largest absolute Gasteiger partial charge is 0.507 e. The summed E-state index contributed by atoms with van der Waals surface area (Å²) >= 11 is 0. The van der Waals surface area contributed by atoms with Gasteiger partial charge in [-0.3, -0.25) is 9.59 Å². The molecule has 2 aromatic rings. The number of carboxylic acid groups (broad SMARTS) is 1. The number of aliphatic hydroxyl groups is 3. The van der Waals surface area contributed by atoms with Crippen molar-refractivity contribution in [3.05, 3.63) is 45.0 Å². The predicted molar refractivity (Wildman–Crippen MR) is 109 cm³/mol. The number of hydrogen-bond acceptors (Lipinski definition) is 11. The molecule has 2 unspecified atom stereocenters. The molecule has 1 heterocycles. The fourth-order valence-corrected chi connectivity index (χ4v) is 4.57. The number of phenolic OH excluding ortho intramolecular Hbond substituents is 3. The molecule has 8 N–H and O–H groups in total. The minimum absolute atomic E-state index is 0.257. The van der Waals surface area contributed by atoms with Crippen molar-refractivity contribution in [2.24, 2.45) is 0 Å². The van der Waals surface area contributed by atoms with Crippen molar-refractivity contribution in [1.29, 1.82) is 0 Å². The van der Waals surface area contributed by atoms with Gasteiger partial charge in [-0.15, -0.1) is 0 Å². The summed E-state index contributed by atoms with van der Waals surface area (Å²) in [7, 11) is 0. The zero-order chi connectivity index (χ0) is 25.2. The summed E-state index contributed by atoms with van der Waals surface area (Å²) in [6.45, 7) is 0.447. The lowest BCUT2D eigenvalue weighted by Gasteiger charge is -2.37. The number of phenols is 4. The fraction of sp³-hybridized carbons (Fsp3) is 0.318. The Labute approximate surface area is 190 Å². The van der Waals surface area contributed by atoms with E-state index in [0.29, 0.717) is 0 Å². The summed E-state index contributed by atoms with van der Waals surface area (Å²) in [5, 5.41) is 81.0. The van der Waals surface area contributed by atoms with E-state index in [4.69, 9.17) is 4.74 Å². The molecule has 1 saturated heterocycles. The van der Waals surface area contributed by atoms with Crippen LogP contribution in [0.5, 0.6) is 23.0 Å². The lowest BCUT2D eigenvalue weighted by atomic mass is 9.78. The molecule has 4 rings (SSSR count). The van der Waals surface area contributed by atoms with E-state index in [-0.39, 0.29) is 5.56 Å². The molecule has 12 nitrogen and oxygen atoms in total. The molecule has 2 aliphatic rings. The predicted octanol–water partition coefficient (Wildman–Crippen LogP) is -0.165. The van der Waals surface area contributed by atoms with Crippen molar-refractivity contribution in [1.82, 2.24) is 0 Å². The minimum atomic E-state index is -1.57. The number of ketones is 2. The molecule has 1 aliphatic heterocycles. The van der Waals surface area contributed by atoms with Crippen LogP contribution >= 0.6 is 0 Å². The van der Waals surface area contributed by atoms with Gasteiger partial charge in [-0.05, 0) is 18.6 Å². The molecule has 1 fully saturated rings. The number of hydrogen-bond donors (Lipinski definition) is 8. The molecule has 180 valence electrons. The highest BCUT2D eigenvalue weighted by molar-refractivity contribution is 6.31. The maximum absolute atomic E-state index is 13.4. The maximum Gasteiger partial charge on any atom is 0.339 e. The van der Waals surface area contributed by atoms with E-state index >= 15 is 0 Å². The Balaban J connectivity index is 1.96. The molecule has 1 aliphatic carbocycles. The molecule has 0 spiro atoms. The van der Waals surface area contributed by atoms with Gasteiger partial charge in [-0.25, -0.2) is 4.79 Å². The van der Waals surface area contributed by atoms with Crippen LogP contribution in [0.3, 0.4) is 0 Å². The molecule has 0 amide bonds. The highest BCUT2D eigenvalue weighted by Crippen LogP contribution is 2.52. The Kier molecular flexibility index (Phi) is 5.49. The van der Waals surface area contributed by atoms with Crippen LogP contribution in [0.1, 0.15) is 65.9 Å². The molecular formula is C22H20O12. The average Bonchev–Trinajstić information content (AvgIpc) is 2.76. The molecule has 0 radical (unpaired) electrons. The van der Waals surface area contributed by atoms with Crippen LogP contribution in [0.25, 0.3) is 0 Å². The molecule has 2 aromatic carbocycles. The summed E-state index contributed by atoms with van der Waals surface area (Å²) in [6.07, 6.45) is -6.10. The first-order valence-corrected chi connectivity index (χ1v) is 10.0. The summed E-state index contributed by atoms with van der Waals surface area (Å²) in [5.74, 6) is -7.58. The monoisotopic (exact) mass is 476 g/mol. The third-order valence-electron chi connectivity index (χ3n) is 6.23. The first-order valence-electron chi connectivity index (χ1n) is 10.0. The van der Waals surface area contributed by atoms with Gasteiger partial charge in [-0.1, -0.05) is 0 Å². The van der Waals surface area contributed by atoms with E-state index in [2.05, 4.69) is 0 Å². The number of fused-ring (bicyclic) bond motifs is 2. The zero-order valence-corrected chi connectivity index (χ0v) is 17.5. The molecular weight excluding hydrogens is 456 g/mol. The number of aromatic hydroxyl groups is 4. The molecule has 12 heteroatoms. The number of rotatable bonds is 3. The normalized spacial score (nSPS) is 24.0. The van der Waals surface area contributed by atoms with Crippen LogP contribution in [0.2, 0.25) is 0 Å². The van der Waals surface area contributed by atoms with Gasteiger partial charge in [0.1, 0.15) is 29.3 Å². The second kappa shape index (κ2) is 7.95. The highest BCUT2D eigenvalue weighted by Gasteiger charge is 2.44. The number of carbonyl (C=O) groups is 3. The van der Waals surface area contributed by atoms with Crippen LogP contribution in [-0.2, 0) is 4.74 Å². The van der Waals surface area contributed by atoms with E-state index in [9.17, 15) is 55.2 Å². The maximum atomic E-state index is 13.4. The number of carbonyl (C=O) groups excluding carboxylic acids is 2. The quantitative estimate of drug-likeness (QED) is 0.182. The third kappa shape index (κ3) is 3.11. The lowest BCUT2D eigenvalue weighted by Crippen LogP contribution is -2.47. The summed E-state index contributed by atoms with van der Waals surface area (Å²) in [4.78, 5) is 38.0. The van der Waals surface area contributed by atoms with E-state index < -0.39 is 111 Å². The van der Waals surface area contributed by atoms with Gasteiger partial charge in [0.2, 0.25) is 0 Å². The molecule has 4 atom stereocenters. The summed E-state index contributed by atoms with van der Waals surface area (Å²) in [6, 6.07) is 0.754. The summed E-state index contributed by atoms with van der Waals surface area (Å²) in [5.41, 5.74) is -3.83. The Bertz CT molecular complexity index is 1260. The standard InChI is InChI=1S/C22H20O12/c1-5-11-6(2-7(24)12(5)22(32)33)16(26)14-15(18(11)28)19(29)13(20(30)21(14)31)9-3-8(25)17(27)10(4-23)34-9/h2,8-10,17,23-25,27,29-31H,3-4H2,1H3,(H,32,33)/t8?,9-,10?,17-/m0/s1. The molecule has 34 heavy (non-hydrogen) atoms. The second-order valence-electron chi connectivity index (χ2n) is 8.13.